The number of allylic oxidation sites excluding steroid dienone is 1. The van der Waals surface area contributed by atoms with E-state index in [9.17, 15) is 0 Å². The molecule has 0 fully saturated rings. The second kappa shape index (κ2) is 4.13. The Kier molecular flexibility index (Phi) is 3.04. The lowest BCUT2D eigenvalue weighted by molar-refractivity contribution is 1.65. The fourth-order valence-corrected chi connectivity index (χ4v) is 0.834. The maximum Gasteiger partial charge on any atom is 1.00 e. The van der Waals surface area contributed by atoms with Gasteiger partial charge in [0.2, 0.25) is 0 Å². The second-order valence-corrected chi connectivity index (χ2v) is 2.28. The molecule has 0 atom stereocenters. The lowest BCUT2D eigenvalue weighted by atomic mass is 10.2. The molecule has 0 nitrogen and oxygen atoms in total. The first kappa shape index (κ1) is 7.36. The van der Waals surface area contributed by atoms with Crippen LogP contribution in [0, 0.1) is 0 Å². The molecule has 0 aliphatic rings. The van der Waals surface area contributed by atoms with Crippen LogP contribution in [0.1, 0.15) is 6.99 Å². The zero-order valence-corrected chi connectivity index (χ0v) is 6.38. The Morgan fingerprint density at radius 2 is 2.00 bits per heavy atom. The van der Waals surface area contributed by atoms with Crippen molar-refractivity contribution in [1.29, 1.82) is 0 Å². The van der Waals surface area contributed by atoms with Crippen molar-refractivity contribution in [3.8, 4) is 0 Å². The predicted octanol–water partition coefficient (Wildman–Crippen LogP) is 3.05. The second-order valence-electron chi connectivity index (χ2n) is 1.97. The summed E-state index contributed by atoms with van der Waals surface area (Å²) in [5, 5.41) is 0. The Morgan fingerprint density at radius 3 is 2.60 bits per heavy atom. The number of halogens is 1. The Bertz CT molecular complexity index is 206. The number of benzene rings is 1. The van der Waals surface area contributed by atoms with E-state index in [0.29, 0.717) is 5.88 Å². The first-order valence-corrected chi connectivity index (χ1v) is 3.74. The summed E-state index contributed by atoms with van der Waals surface area (Å²) in [6.45, 7) is 0. The van der Waals surface area contributed by atoms with Crippen molar-refractivity contribution in [2.45, 2.75) is 0 Å². The zero-order chi connectivity index (χ0) is 7.23. The lowest BCUT2D eigenvalue weighted by Crippen LogP contribution is -1.67. The van der Waals surface area contributed by atoms with Crippen LogP contribution in [0.25, 0.3) is 6.08 Å². The monoisotopic (exact) mass is 153 g/mol. The fourth-order valence-electron chi connectivity index (χ4n) is 0.745. The minimum atomic E-state index is 0. The first-order chi connectivity index (χ1) is 4.93. The average molecular weight is 154 g/mol. The molecular weight excluding hydrogens is 144 g/mol. The molecule has 52 valence electrons. The van der Waals surface area contributed by atoms with Gasteiger partial charge in [0, 0.05) is 5.88 Å². The highest BCUT2D eigenvalue weighted by Gasteiger charge is 1.79. The van der Waals surface area contributed by atoms with Gasteiger partial charge in [-0.25, -0.2) is 0 Å². The molecule has 0 aromatic heterocycles. The van der Waals surface area contributed by atoms with E-state index in [1.165, 1.54) is 5.56 Å². The highest BCUT2D eigenvalue weighted by atomic mass is 35.5. The summed E-state index contributed by atoms with van der Waals surface area (Å²) in [6, 6.07) is 10.1. The normalized spacial score (nSPS) is 10.5. The maximum absolute atomic E-state index is 5.46. The first-order valence-electron chi connectivity index (χ1n) is 3.21. The van der Waals surface area contributed by atoms with Gasteiger partial charge in [-0.2, -0.15) is 0 Å². The van der Waals surface area contributed by atoms with Gasteiger partial charge in [-0.05, 0) is 5.56 Å². The van der Waals surface area contributed by atoms with Crippen LogP contribution >= 0.6 is 11.6 Å². The van der Waals surface area contributed by atoms with Gasteiger partial charge in [0.05, 0.1) is 0 Å². The van der Waals surface area contributed by atoms with Gasteiger partial charge < -0.3 is 0 Å². The van der Waals surface area contributed by atoms with Crippen molar-refractivity contribution >= 4 is 17.7 Å². The minimum absolute atomic E-state index is 0. The van der Waals surface area contributed by atoms with E-state index in [1.807, 2.05) is 42.5 Å². The van der Waals surface area contributed by atoms with E-state index in [2.05, 4.69) is 0 Å². The molecule has 0 amide bonds. The van der Waals surface area contributed by atoms with Crippen LogP contribution in [0.3, 0.4) is 0 Å². The molecule has 0 spiro atoms. The van der Waals surface area contributed by atoms with E-state index in [4.69, 9.17) is 11.6 Å². The van der Waals surface area contributed by atoms with Gasteiger partial charge in [-0.1, -0.05) is 42.5 Å². The summed E-state index contributed by atoms with van der Waals surface area (Å²) in [6.07, 6.45) is 3.93. The average Bonchev–Trinajstić information content (AvgIpc) is 2.03. The molecule has 0 unspecified atom stereocenters. The summed E-state index contributed by atoms with van der Waals surface area (Å²) in [4.78, 5) is 0. The molecule has 0 bridgehead atoms. The van der Waals surface area contributed by atoms with Gasteiger partial charge in [0.15, 0.2) is 0 Å². The van der Waals surface area contributed by atoms with Crippen molar-refractivity contribution in [3.63, 3.8) is 0 Å². The van der Waals surface area contributed by atoms with Crippen molar-refractivity contribution < 1.29 is 1.43 Å². The Morgan fingerprint density at radius 1 is 1.30 bits per heavy atom. The molecule has 1 aromatic carbocycles. The van der Waals surface area contributed by atoms with Crippen molar-refractivity contribution in [2.75, 3.05) is 5.88 Å². The molecule has 10 heavy (non-hydrogen) atoms. The van der Waals surface area contributed by atoms with Crippen LogP contribution < -0.4 is 0 Å². The Hall–Kier alpha value is -0.750. The van der Waals surface area contributed by atoms with Crippen LogP contribution in [-0.4, -0.2) is 5.88 Å². The largest absolute Gasteiger partial charge is 1.00 e. The fraction of sp³-hybridized carbons (Fsp3) is 0.111. The van der Waals surface area contributed by atoms with Crippen LogP contribution in [0.4, 0.5) is 0 Å². The summed E-state index contributed by atoms with van der Waals surface area (Å²) in [5.41, 5.74) is 1.20. The minimum Gasteiger partial charge on any atom is -0.122 e. The molecule has 0 saturated carbocycles. The Balaban J connectivity index is 0.000001000. The van der Waals surface area contributed by atoms with Crippen molar-refractivity contribution in [1.82, 2.24) is 0 Å². The predicted molar refractivity (Wildman–Crippen MR) is 47.3 cm³/mol. The van der Waals surface area contributed by atoms with Gasteiger partial charge in [0.1, 0.15) is 0 Å². The molecule has 0 aliphatic carbocycles. The highest BCUT2D eigenvalue weighted by Crippen LogP contribution is 2.00. The van der Waals surface area contributed by atoms with Gasteiger partial charge in [0.25, 0.3) is 0 Å². The van der Waals surface area contributed by atoms with Crippen LogP contribution in [0.2, 0.25) is 0 Å². The SMILES string of the molecule is ClC/C=C/c1ccccc1.[H+]. The number of rotatable bonds is 2. The number of hydrogen-bond donors (Lipinski definition) is 0. The van der Waals surface area contributed by atoms with Crippen LogP contribution in [-0.2, 0) is 0 Å². The van der Waals surface area contributed by atoms with Crippen LogP contribution in [0.15, 0.2) is 36.4 Å². The lowest BCUT2D eigenvalue weighted by Gasteiger charge is -1.87. The molecule has 1 heteroatoms. The highest BCUT2D eigenvalue weighted by molar-refractivity contribution is 6.19. The third-order valence-electron chi connectivity index (χ3n) is 1.20. The molecule has 0 heterocycles. The molecule has 1 aromatic rings. The topological polar surface area (TPSA) is 0 Å². The molecule has 0 N–H and O–H groups in total. The van der Waals surface area contributed by atoms with E-state index in [-0.39, 0.29) is 1.43 Å². The third kappa shape index (κ3) is 2.24. The standard InChI is InChI=1S/C9H9Cl/c10-8-4-7-9-5-2-1-3-6-9/h1-7H,8H2/p+1/b7-4+. The van der Waals surface area contributed by atoms with E-state index >= 15 is 0 Å². The number of alkyl halides is 1. The van der Waals surface area contributed by atoms with E-state index < -0.39 is 0 Å². The molecule has 0 radical (unpaired) electrons. The maximum atomic E-state index is 5.46. The summed E-state index contributed by atoms with van der Waals surface area (Å²) < 4.78 is 0. The zero-order valence-electron chi connectivity index (χ0n) is 6.63. The van der Waals surface area contributed by atoms with E-state index in [1.54, 1.807) is 0 Å². The smallest absolute Gasteiger partial charge is 0.122 e. The van der Waals surface area contributed by atoms with Crippen molar-refractivity contribution in [3.05, 3.63) is 42.0 Å². The van der Waals surface area contributed by atoms with Crippen LogP contribution in [0.5, 0.6) is 0 Å². The molecule has 0 saturated heterocycles. The van der Waals surface area contributed by atoms with Gasteiger partial charge >= 0.3 is 1.43 Å². The quantitative estimate of drug-likeness (QED) is 0.573. The Labute approximate surface area is 67.6 Å². The summed E-state index contributed by atoms with van der Waals surface area (Å²) in [7, 11) is 0. The summed E-state index contributed by atoms with van der Waals surface area (Å²) >= 11 is 5.46. The third-order valence-corrected chi connectivity index (χ3v) is 1.38. The van der Waals surface area contributed by atoms with Gasteiger partial charge in [-0.3, -0.25) is 0 Å². The van der Waals surface area contributed by atoms with Crippen molar-refractivity contribution in [2.24, 2.45) is 0 Å². The molecular formula is C9H10Cl+. The summed E-state index contributed by atoms with van der Waals surface area (Å²) in [5.74, 6) is 0.578. The molecule has 1 rings (SSSR count). The number of hydrogen-bond acceptors (Lipinski definition) is 0. The van der Waals surface area contributed by atoms with E-state index in [0.717, 1.165) is 0 Å². The molecule has 0 aliphatic heterocycles. The van der Waals surface area contributed by atoms with Gasteiger partial charge in [-0.15, -0.1) is 11.6 Å².